The van der Waals surface area contributed by atoms with Crippen molar-refractivity contribution in [3.63, 3.8) is 0 Å². The third kappa shape index (κ3) is 3.61. The fourth-order valence-electron chi connectivity index (χ4n) is 2.09. The van der Waals surface area contributed by atoms with E-state index in [1.54, 1.807) is 0 Å². The van der Waals surface area contributed by atoms with Gasteiger partial charge >= 0.3 is 0 Å². The summed E-state index contributed by atoms with van der Waals surface area (Å²) in [6, 6.07) is 2.53. The Labute approximate surface area is 126 Å². The predicted octanol–water partition coefficient (Wildman–Crippen LogP) is 2.61. The molecule has 0 saturated heterocycles. The van der Waals surface area contributed by atoms with Crippen LogP contribution in [0.2, 0.25) is 0 Å². The summed E-state index contributed by atoms with van der Waals surface area (Å²) in [7, 11) is 1.97. The van der Waals surface area contributed by atoms with Crippen molar-refractivity contribution in [2.24, 2.45) is 7.05 Å². The normalized spacial score (nSPS) is 12.2. The maximum Gasteiger partial charge on any atom is 0.0537 e. The molecule has 2 heterocycles. The summed E-state index contributed by atoms with van der Waals surface area (Å²) in [5.41, 5.74) is 3.69. The Hall–Kier alpha value is -1.33. The molecule has 112 valence electrons. The van der Waals surface area contributed by atoms with Crippen LogP contribution < -0.4 is 5.32 Å². The minimum atomic E-state index is 0. The molecule has 2 aromatic rings. The number of nitrogens with zero attached hydrogens (tertiary/aromatic N) is 4. The summed E-state index contributed by atoms with van der Waals surface area (Å²) in [6.45, 7) is 8.14. The lowest BCUT2D eigenvalue weighted by molar-refractivity contribution is 0.451. The number of rotatable bonds is 6. The smallest absolute Gasteiger partial charge is 0.0537 e. The molecule has 20 heavy (non-hydrogen) atoms. The molecule has 0 fully saturated rings. The van der Waals surface area contributed by atoms with E-state index in [9.17, 15) is 0 Å². The van der Waals surface area contributed by atoms with Gasteiger partial charge in [0, 0.05) is 43.6 Å². The number of aromatic nitrogens is 4. The van der Waals surface area contributed by atoms with Gasteiger partial charge in [-0.2, -0.15) is 10.2 Å². The summed E-state index contributed by atoms with van der Waals surface area (Å²) in [5.74, 6) is 0. The lowest BCUT2D eigenvalue weighted by Gasteiger charge is -2.14. The van der Waals surface area contributed by atoms with E-state index in [4.69, 9.17) is 0 Å². The van der Waals surface area contributed by atoms with E-state index in [0.29, 0.717) is 6.04 Å². The molecule has 5 nitrogen and oxygen atoms in total. The van der Waals surface area contributed by atoms with E-state index < -0.39 is 0 Å². The van der Waals surface area contributed by atoms with Crippen LogP contribution in [0, 0.1) is 6.92 Å². The fourth-order valence-corrected chi connectivity index (χ4v) is 2.09. The number of aryl methyl sites for hydroxylation is 1. The Balaban J connectivity index is 0.00000200. The van der Waals surface area contributed by atoms with Crippen molar-refractivity contribution in [2.75, 3.05) is 0 Å². The molecular formula is C14H24ClN5. The molecule has 1 unspecified atom stereocenters. The van der Waals surface area contributed by atoms with Crippen LogP contribution in [0.4, 0.5) is 0 Å². The van der Waals surface area contributed by atoms with Gasteiger partial charge in [0.05, 0.1) is 11.9 Å². The monoisotopic (exact) mass is 297 g/mol. The van der Waals surface area contributed by atoms with Crippen molar-refractivity contribution in [1.82, 2.24) is 24.9 Å². The van der Waals surface area contributed by atoms with Crippen LogP contribution in [0.15, 0.2) is 18.5 Å². The Bertz CT molecular complexity index is 531. The Morgan fingerprint density at radius 3 is 2.65 bits per heavy atom. The average Bonchev–Trinajstić information content (AvgIpc) is 2.99. The van der Waals surface area contributed by atoms with E-state index in [1.165, 1.54) is 17.0 Å². The highest BCUT2D eigenvalue weighted by Crippen LogP contribution is 2.12. The minimum absolute atomic E-state index is 0. The summed E-state index contributed by atoms with van der Waals surface area (Å²) < 4.78 is 4.00. The fraction of sp³-hybridized carbons (Fsp3) is 0.571. The van der Waals surface area contributed by atoms with Gasteiger partial charge in [0.25, 0.3) is 0 Å². The lowest BCUT2D eigenvalue weighted by atomic mass is 10.2. The number of nitrogens with one attached hydrogen (secondary N) is 1. The second-order valence-corrected chi connectivity index (χ2v) is 5.01. The molecule has 0 radical (unpaired) electrons. The first-order valence-electron chi connectivity index (χ1n) is 6.84. The average molecular weight is 298 g/mol. The first-order chi connectivity index (χ1) is 9.13. The molecule has 0 aliphatic heterocycles. The standard InChI is InChI=1S/C14H23N5.ClH/c1-5-11(2)19-14(6-7-16-19)10-15-8-13-9-17-18(4)12(13)3;/h6-7,9,11,15H,5,8,10H2,1-4H3;1H. The van der Waals surface area contributed by atoms with E-state index in [1.807, 2.05) is 24.1 Å². The molecule has 1 N–H and O–H groups in total. The molecular weight excluding hydrogens is 274 g/mol. The van der Waals surface area contributed by atoms with Crippen molar-refractivity contribution in [2.45, 2.75) is 46.3 Å². The van der Waals surface area contributed by atoms with Gasteiger partial charge in [-0.25, -0.2) is 0 Å². The quantitative estimate of drug-likeness (QED) is 0.891. The Kier molecular flexibility index (Phi) is 6.23. The zero-order valence-electron chi connectivity index (χ0n) is 12.6. The van der Waals surface area contributed by atoms with Gasteiger partial charge in [-0.05, 0) is 26.3 Å². The van der Waals surface area contributed by atoms with Crippen LogP contribution >= 0.6 is 12.4 Å². The van der Waals surface area contributed by atoms with E-state index in [2.05, 4.69) is 47.0 Å². The van der Waals surface area contributed by atoms with Crippen LogP contribution in [0.1, 0.15) is 43.3 Å². The molecule has 0 aliphatic carbocycles. The highest BCUT2D eigenvalue weighted by atomic mass is 35.5. The van der Waals surface area contributed by atoms with Crippen LogP contribution in [-0.2, 0) is 20.1 Å². The van der Waals surface area contributed by atoms with Crippen LogP contribution in [0.5, 0.6) is 0 Å². The van der Waals surface area contributed by atoms with Gasteiger partial charge in [-0.15, -0.1) is 12.4 Å². The van der Waals surface area contributed by atoms with Crippen LogP contribution in [0.25, 0.3) is 0 Å². The molecule has 1 atom stereocenters. The van der Waals surface area contributed by atoms with Crippen molar-refractivity contribution in [3.8, 4) is 0 Å². The van der Waals surface area contributed by atoms with Gasteiger partial charge in [-0.3, -0.25) is 9.36 Å². The highest BCUT2D eigenvalue weighted by Gasteiger charge is 2.08. The third-order valence-electron chi connectivity index (χ3n) is 3.72. The number of halogens is 1. The topological polar surface area (TPSA) is 47.7 Å². The number of hydrogen-bond donors (Lipinski definition) is 1. The summed E-state index contributed by atoms with van der Waals surface area (Å²) in [6.07, 6.45) is 4.89. The van der Waals surface area contributed by atoms with Gasteiger partial charge in [0.1, 0.15) is 0 Å². The summed E-state index contributed by atoms with van der Waals surface area (Å²) in [4.78, 5) is 0. The Morgan fingerprint density at radius 2 is 2.05 bits per heavy atom. The maximum atomic E-state index is 4.39. The van der Waals surface area contributed by atoms with Crippen molar-refractivity contribution < 1.29 is 0 Å². The molecule has 0 aromatic carbocycles. The molecule has 0 aliphatic rings. The first-order valence-corrected chi connectivity index (χ1v) is 6.84. The first kappa shape index (κ1) is 16.7. The van der Waals surface area contributed by atoms with Crippen molar-refractivity contribution >= 4 is 12.4 Å². The number of hydrogen-bond acceptors (Lipinski definition) is 3. The highest BCUT2D eigenvalue weighted by molar-refractivity contribution is 5.85. The largest absolute Gasteiger partial charge is 0.307 e. The summed E-state index contributed by atoms with van der Waals surface area (Å²) in [5, 5.41) is 12.1. The lowest BCUT2D eigenvalue weighted by Crippen LogP contribution is -2.18. The molecule has 0 amide bonds. The SMILES string of the molecule is CCC(C)n1nccc1CNCc1cnn(C)c1C.Cl. The predicted molar refractivity (Wildman–Crippen MR) is 83.0 cm³/mol. The van der Waals surface area contributed by atoms with E-state index >= 15 is 0 Å². The molecule has 0 bridgehead atoms. The second kappa shape index (κ2) is 7.45. The minimum Gasteiger partial charge on any atom is -0.307 e. The van der Waals surface area contributed by atoms with Crippen molar-refractivity contribution in [1.29, 1.82) is 0 Å². The zero-order chi connectivity index (χ0) is 13.8. The zero-order valence-corrected chi connectivity index (χ0v) is 13.4. The van der Waals surface area contributed by atoms with E-state index in [0.717, 1.165) is 19.5 Å². The third-order valence-corrected chi connectivity index (χ3v) is 3.72. The van der Waals surface area contributed by atoms with Gasteiger partial charge < -0.3 is 5.32 Å². The molecule has 0 saturated carbocycles. The second-order valence-electron chi connectivity index (χ2n) is 5.01. The van der Waals surface area contributed by atoms with Crippen LogP contribution in [0.3, 0.4) is 0 Å². The van der Waals surface area contributed by atoms with Gasteiger partial charge in [-0.1, -0.05) is 6.92 Å². The van der Waals surface area contributed by atoms with E-state index in [-0.39, 0.29) is 12.4 Å². The molecule has 0 spiro atoms. The summed E-state index contributed by atoms with van der Waals surface area (Å²) >= 11 is 0. The molecule has 6 heteroatoms. The van der Waals surface area contributed by atoms with Gasteiger partial charge in [0.15, 0.2) is 0 Å². The molecule has 2 rings (SSSR count). The maximum absolute atomic E-state index is 4.39. The van der Waals surface area contributed by atoms with Gasteiger partial charge in [0.2, 0.25) is 0 Å². The van der Waals surface area contributed by atoms with Crippen LogP contribution in [-0.4, -0.2) is 19.6 Å². The molecule has 2 aromatic heterocycles. The Morgan fingerprint density at radius 1 is 1.30 bits per heavy atom. The van der Waals surface area contributed by atoms with Crippen molar-refractivity contribution in [3.05, 3.63) is 35.4 Å².